The summed E-state index contributed by atoms with van der Waals surface area (Å²) < 4.78 is 4.94. The number of methoxy groups -OCH3 is 1. The first-order valence-corrected chi connectivity index (χ1v) is 8.54. The number of carbonyl (C=O) groups is 1. The number of hydrogen-bond acceptors (Lipinski definition) is 3. The first-order valence-electron chi connectivity index (χ1n) is 8.54. The molecule has 1 unspecified atom stereocenters. The van der Waals surface area contributed by atoms with Crippen LogP contribution in [-0.2, 0) is 16.1 Å². The molecule has 1 aliphatic heterocycles. The summed E-state index contributed by atoms with van der Waals surface area (Å²) in [6.45, 7) is 9.36. The van der Waals surface area contributed by atoms with Crippen molar-refractivity contribution >= 4 is 5.97 Å². The summed E-state index contributed by atoms with van der Waals surface area (Å²) in [6, 6.07) is 11.2. The van der Waals surface area contributed by atoms with E-state index in [0.29, 0.717) is 24.3 Å². The number of benzene rings is 1. The number of piperidine rings is 1. The molecule has 0 spiro atoms. The van der Waals surface area contributed by atoms with Crippen molar-refractivity contribution in [1.29, 1.82) is 0 Å². The fourth-order valence-corrected chi connectivity index (χ4v) is 3.75. The third-order valence-corrected chi connectivity index (χ3v) is 5.29. The lowest BCUT2D eigenvalue weighted by Gasteiger charge is -2.48. The minimum atomic E-state index is -0.119. The quantitative estimate of drug-likeness (QED) is 0.586. The van der Waals surface area contributed by atoms with Gasteiger partial charge in [-0.05, 0) is 30.2 Å². The lowest BCUT2D eigenvalue weighted by molar-refractivity contribution is -0.144. The van der Waals surface area contributed by atoms with Crippen molar-refractivity contribution in [3.05, 3.63) is 48.6 Å². The number of ether oxygens (including phenoxy) is 1. The zero-order valence-corrected chi connectivity index (χ0v) is 14.6. The Morgan fingerprint density at radius 3 is 2.65 bits per heavy atom. The van der Waals surface area contributed by atoms with Crippen LogP contribution in [-0.4, -0.2) is 30.1 Å². The fraction of sp³-hybridized carbons (Fsp3) is 0.550. The van der Waals surface area contributed by atoms with Gasteiger partial charge < -0.3 is 4.74 Å². The average molecular weight is 315 g/mol. The fourth-order valence-electron chi connectivity index (χ4n) is 3.75. The molecule has 3 nitrogen and oxygen atoms in total. The molecular weight excluding hydrogens is 286 g/mol. The van der Waals surface area contributed by atoms with E-state index in [1.54, 1.807) is 0 Å². The standard InChI is InChI=1S/C20H29NO2/c1-5-9-18-12-15(2)16(3)19(13-20(22)23-4)21(18)14-17-10-7-6-8-11-17/h5-8,10-11,15-16,18-19H,1,9,12-14H2,2-4H3/t15-,16+,18?,19-/m1/s1. The number of likely N-dealkylation sites (tertiary alicyclic amines) is 1. The summed E-state index contributed by atoms with van der Waals surface area (Å²) in [5.41, 5.74) is 1.29. The molecule has 3 heteroatoms. The zero-order valence-electron chi connectivity index (χ0n) is 14.6. The van der Waals surface area contributed by atoms with Gasteiger partial charge in [-0.15, -0.1) is 6.58 Å². The lowest BCUT2D eigenvalue weighted by Crippen LogP contribution is -2.53. The molecule has 0 amide bonds. The molecule has 126 valence electrons. The highest BCUT2D eigenvalue weighted by Gasteiger charge is 2.39. The van der Waals surface area contributed by atoms with Crippen LogP contribution in [0.3, 0.4) is 0 Å². The molecule has 1 aromatic carbocycles. The molecule has 1 aromatic rings. The maximum absolute atomic E-state index is 11.9. The van der Waals surface area contributed by atoms with Crippen LogP contribution < -0.4 is 0 Å². The highest BCUT2D eigenvalue weighted by Crippen LogP contribution is 2.36. The maximum atomic E-state index is 11.9. The van der Waals surface area contributed by atoms with Gasteiger partial charge in [-0.3, -0.25) is 9.69 Å². The van der Waals surface area contributed by atoms with Crippen LogP contribution in [0.1, 0.15) is 38.7 Å². The topological polar surface area (TPSA) is 29.5 Å². The number of hydrogen-bond donors (Lipinski definition) is 0. The number of carbonyl (C=O) groups excluding carboxylic acids is 1. The van der Waals surface area contributed by atoms with E-state index in [4.69, 9.17) is 4.74 Å². The summed E-state index contributed by atoms with van der Waals surface area (Å²) in [5.74, 6) is 0.951. The number of nitrogens with zero attached hydrogens (tertiary/aromatic N) is 1. The van der Waals surface area contributed by atoms with Gasteiger partial charge in [0.2, 0.25) is 0 Å². The predicted molar refractivity (Wildman–Crippen MR) is 94.0 cm³/mol. The van der Waals surface area contributed by atoms with Crippen molar-refractivity contribution < 1.29 is 9.53 Å². The van der Waals surface area contributed by atoms with Gasteiger partial charge in [0.15, 0.2) is 0 Å². The predicted octanol–water partition coefficient (Wildman–Crippen LogP) is 4.04. The molecule has 4 atom stereocenters. The third kappa shape index (κ3) is 4.44. The largest absolute Gasteiger partial charge is 0.469 e. The zero-order chi connectivity index (χ0) is 16.8. The minimum Gasteiger partial charge on any atom is -0.469 e. The Labute approximate surface area is 140 Å². The van der Waals surface area contributed by atoms with Crippen molar-refractivity contribution in [2.24, 2.45) is 11.8 Å². The SMILES string of the molecule is C=CCC1C[C@@H](C)[C@H](C)[C@@H](CC(=O)OC)N1Cc1ccccc1. The molecule has 1 heterocycles. The Hall–Kier alpha value is -1.61. The van der Waals surface area contributed by atoms with E-state index in [1.807, 2.05) is 12.1 Å². The summed E-state index contributed by atoms with van der Waals surface area (Å²) in [6.07, 6.45) is 4.57. The molecule has 0 saturated carbocycles. The molecular formula is C20H29NO2. The van der Waals surface area contributed by atoms with Crippen LogP contribution >= 0.6 is 0 Å². The summed E-state index contributed by atoms with van der Waals surface area (Å²) in [5, 5.41) is 0. The molecule has 2 rings (SSSR count). The van der Waals surface area contributed by atoms with Gasteiger partial charge in [0, 0.05) is 18.6 Å². The van der Waals surface area contributed by atoms with E-state index in [1.165, 1.54) is 12.7 Å². The Morgan fingerprint density at radius 1 is 1.35 bits per heavy atom. The second kappa shape index (κ2) is 8.30. The first-order chi connectivity index (χ1) is 11.1. The molecule has 1 fully saturated rings. The normalized spacial score (nSPS) is 28.3. The van der Waals surface area contributed by atoms with Crippen LogP contribution in [0, 0.1) is 11.8 Å². The molecule has 0 N–H and O–H groups in total. The second-order valence-electron chi connectivity index (χ2n) is 6.76. The molecule has 0 aliphatic carbocycles. The Kier molecular flexibility index (Phi) is 6.40. The van der Waals surface area contributed by atoms with Gasteiger partial charge in [-0.1, -0.05) is 50.3 Å². The molecule has 0 radical (unpaired) electrons. The van der Waals surface area contributed by atoms with Gasteiger partial charge in [0.25, 0.3) is 0 Å². The maximum Gasteiger partial charge on any atom is 0.307 e. The Morgan fingerprint density at radius 2 is 2.04 bits per heavy atom. The van der Waals surface area contributed by atoms with Gasteiger partial charge in [0.05, 0.1) is 13.5 Å². The molecule has 23 heavy (non-hydrogen) atoms. The van der Waals surface area contributed by atoms with E-state index in [9.17, 15) is 4.79 Å². The molecule has 0 bridgehead atoms. The smallest absolute Gasteiger partial charge is 0.307 e. The first kappa shape index (κ1) is 17.7. The van der Waals surface area contributed by atoms with Crippen LogP contribution in [0.25, 0.3) is 0 Å². The van der Waals surface area contributed by atoms with Gasteiger partial charge in [0.1, 0.15) is 0 Å². The lowest BCUT2D eigenvalue weighted by atomic mass is 9.76. The Bertz CT molecular complexity index is 514. The van der Waals surface area contributed by atoms with E-state index in [-0.39, 0.29) is 12.0 Å². The van der Waals surface area contributed by atoms with Crippen molar-refractivity contribution in [1.82, 2.24) is 4.90 Å². The van der Waals surface area contributed by atoms with E-state index in [0.717, 1.165) is 19.4 Å². The van der Waals surface area contributed by atoms with Gasteiger partial charge >= 0.3 is 5.97 Å². The molecule has 1 aliphatic rings. The average Bonchev–Trinajstić information content (AvgIpc) is 2.56. The minimum absolute atomic E-state index is 0.119. The van der Waals surface area contributed by atoms with Crippen LogP contribution in [0.15, 0.2) is 43.0 Å². The summed E-state index contributed by atoms with van der Waals surface area (Å²) in [7, 11) is 1.47. The number of rotatable bonds is 6. The monoisotopic (exact) mass is 315 g/mol. The highest BCUT2D eigenvalue weighted by atomic mass is 16.5. The molecule has 1 saturated heterocycles. The molecule has 0 aromatic heterocycles. The third-order valence-electron chi connectivity index (χ3n) is 5.29. The van der Waals surface area contributed by atoms with Crippen molar-refractivity contribution in [3.63, 3.8) is 0 Å². The van der Waals surface area contributed by atoms with Crippen LogP contribution in [0.5, 0.6) is 0 Å². The van der Waals surface area contributed by atoms with Gasteiger partial charge in [-0.2, -0.15) is 0 Å². The van der Waals surface area contributed by atoms with E-state index >= 15 is 0 Å². The summed E-state index contributed by atoms with van der Waals surface area (Å²) in [4.78, 5) is 14.4. The number of esters is 1. The van der Waals surface area contributed by atoms with Gasteiger partial charge in [-0.25, -0.2) is 0 Å². The Balaban J connectivity index is 2.26. The highest BCUT2D eigenvalue weighted by molar-refractivity contribution is 5.70. The van der Waals surface area contributed by atoms with Crippen molar-refractivity contribution in [3.8, 4) is 0 Å². The van der Waals surface area contributed by atoms with Crippen molar-refractivity contribution in [2.45, 2.75) is 51.7 Å². The van der Waals surface area contributed by atoms with Crippen molar-refractivity contribution in [2.75, 3.05) is 7.11 Å². The van der Waals surface area contributed by atoms with E-state index in [2.05, 4.69) is 49.6 Å². The summed E-state index contributed by atoms with van der Waals surface area (Å²) >= 11 is 0. The second-order valence-corrected chi connectivity index (χ2v) is 6.76. The van der Waals surface area contributed by atoms with E-state index < -0.39 is 0 Å². The van der Waals surface area contributed by atoms with Crippen LogP contribution in [0.4, 0.5) is 0 Å². The van der Waals surface area contributed by atoms with Crippen LogP contribution in [0.2, 0.25) is 0 Å².